The van der Waals surface area contributed by atoms with Crippen molar-refractivity contribution in [2.45, 2.75) is 38.4 Å². The van der Waals surface area contributed by atoms with Crippen molar-refractivity contribution >= 4 is 23.3 Å². The lowest BCUT2D eigenvalue weighted by Gasteiger charge is -2.32. The molecule has 2 aliphatic rings. The summed E-state index contributed by atoms with van der Waals surface area (Å²) < 4.78 is 5.76. The van der Waals surface area contributed by atoms with Gasteiger partial charge in [0, 0.05) is 25.8 Å². The maximum Gasteiger partial charge on any atom is 0.255 e. The molecule has 1 N–H and O–H groups in total. The molecule has 6 heteroatoms. The van der Waals surface area contributed by atoms with Gasteiger partial charge in [-0.1, -0.05) is 18.5 Å². The van der Waals surface area contributed by atoms with Crippen LogP contribution in [0.15, 0.2) is 12.3 Å². The predicted octanol–water partition coefficient (Wildman–Crippen LogP) is 2.56. The molecule has 2 unspecified atom stereocenters. The number of nitrogens with zero attached hydrogens (tertiary/aromatic N) is 2. The zero-order chi connectivity index (χ0) is 14.8. The van der Waals surface area contributed by atoms with Crippen LogP contribution < -0.4 is 5.32 Å². The van der Waals surface area contributed by atoms with Crippen LogP contribution in [0, 0.1) is 0 Å². The first-order valence-electron chi connectivity index (χ1n) is 7.51. The van der Waals surface area contributed by atoms with E-state index >= 15 is 0 Å². The van der Waals surface area contributed by atoms with Crippen LogP contribution in [0.2, 0.25) is 5.02 Å². The highest BCUT2D eigenvalue weighted by Gasteiger charge is 2.36. The number of fused-ring (bicyclic) bond motifs is 2. The van der Waals surface area contributed by atoms with E-state index in [0.717, 1.165) is 25.8 Å². The fourth-order valence-electron chi connectivity index (χ4n) is 2.89. The summed E-state index contributed by atoms with van der Waals surface area (Å²) >= 11 is 6.20. The van der Waals surface area contributed by atoms with Crippen LogP contribution in [0.5, 0.6) is 0 Å². The summed E-state index contributed by atoms with van der Waals surface area (Å²) in [5, 5.41) is 3.64. The van der Waals surface area contributed by atoms with Gasteiger partial charge in [0.15, 0.2) is 0 Å². The number of carbonyl (C=O) groups excluding carboxylic acids is 1. The average molecular weight is 310 g/mol. The largest absolute Gasteiger partial charge is 0.371 e. The van der Waals surface area contributed by atoms with Crippen LogP contribution in [0.3, 0.4) is 0 Å². The quantitative estimate of drug-likeness (QED) is 0.928. The van der Waals surface area contributed by atoms with Crippen molar-refractivity contribution in [1.29, 1.82) is 0 Å². The monoisotopic (exact) mass is 309 g/mol. The number of morpholine rings is 1. The lowest BCUT2D eigenvalue weighted by molar-refractivity contribution is -0.0303. The molecule has 1 aromatic heterocycles. The van der Waals surface area contributed by atoms with Crippen LogP contribution in [-0.4, -0.2) is 47.6 Å². The lowest BCUT2D eigenvalue weighted by Crippen LogP contribution is -2.45. The molecule has 3 heterocycles. The molecule has 0 spiro atoms. The molecular weight excluding hydrogens is 290 g/mol. The number of amides is 1. The average Bonchev–Trinajstić information content (AvgIpc) is 2.83. The number of hydrogen-bond donors (Lipinski definition) is 1. The predicted molar refractivity (Wildman–Crippen MR) is 81.8 cm³/mol. The Morgan fingerprint density at radius 2 is 2.19 bits per heavy atom. The van der Waals surface area contributed by atoms with E-state index in [2.05, 4.69) is 17.2 Å². The van der Waals surface area contributed by atoms with Gasteiger partial charge in [-0.15, -0.1) is 0 Å². The number of rotatable bonds is 4. The number of likely N-dealkylation sites (tertiary alicyclic amines) is 1. The summed E-state index contributed by atoms with van der Waals surface area (Å²) in [7, 11) is 0. The van der Waals surface area contributed by atoms with Crippen molar-refractivity contribution in [3.63, 3.8) is 0 Å². The molecule has 0 radical (unpaired) electrons. The van der Waals surface area contributed by atoms with E-state index in [9.17, 15) is 4.79 Å². The van der Waals surface area contributed by atoms with Gasteiger partial charge in [0.2, 0.25) is 0 Å². The number of aromatic nitrogens is 1. The SMILES string of the molecule is CCCNc1ncc(C(=O)N2CC3CCC(C2)O3)cc1Cl. The van der Waals surface area contributed by atoms with Crippen LogP contribution in [0.4, 0.5) is 5.82 Å². The van der Waals surface area contributed by atoms with Crippen molar-refractivity contribution in [3.05, 3.63) is 22.8 Å². The summed E-state index contributed by atoms with van der Waals surface area (Å²) in [4.78, 5) is 18.7. The first-order chi connectivity index (χ1) is 10.2. The van der Waals surface area contributed by atoms with Gasteiger partial charge in [-0.2, -0.15) is 0 Å². The topological polar surface area (TPSA) is 54.5 Å². The van der Waals surface area contributed by atoms with E-state index in [4.69, 9.17) is 16.3 Å². The number of anilines is 1. The smallest absolute Gasteiger partial charge is 0.255 e. The number of ether oxygens (including phenoxy) is 1. The molecule has 2 bridgehead atoms. The van der Waals surface area contributed by atoms with Gasteiger partial charge >= 0.3 is 0 Å². The normalized spacial score (nSPS) is 24.2. The number of pyridine rings is 1. The molecule has 1 amide bonds. The Morgan fingerprint density at radius 1 is 1.48 bits per heavy atom. The third-order valence-electron chi connectivity index (χ3n) is 3.96. The minimum absolute atomic E-state index is 0.00774. The molecule has 2 fully saturated rings. The van der Waals surface area contributed by atoms with Crippen LogP contribution >= 0.6 is 11.6 Å². The highest BCUT2D eigenvalue weighted by atomic mass is 35.5. The second-order valence-electron chi connectivity index (χ2n) is 5.65. The second kappa shape index (κ2) is 6.20. The molecule has 114 valence electrons. The van der Waals surface area contributed by atoms with E-state index in [1.807, 2.05) is 4.90 Å². The summed E-state index contributed by atoms with van der Waals surface area (Å²) in [6.07, 6.45) is 5.09. The minimum atomic E-state index is -0.00774. The van der Waals surface area contributed by atoms with Gasteiger partial charge in [-0.3, -0.25) is 4.79 Å². The van der Waals surface area contributed by atoms with Gasteiger partial charge < -0.3 is 15.0 Å². The first-order valence-corrected chi connectivity index (χ1v) is 7.89. The summed E-state index contributed by atoms with van der Waals surface area (Å²) in [5.41, 5.74) is 0.545. The number of hydrogen-bond acceptors (Lipinski definition) is 4. The van der Waals surface area contributed by atoms with Crippen molar-refractivity contribution in [1.82, 2.24) is 9.88 Å². The summed E-state index contributed by atoms with van der Waals surface area (Å²) in [6.45, 7) is 4.23. The fraction of sp³-hybridized carbons (Fsp3) is 0.600. The Hall–Kier alpha value is -1.33. The van der Waals surface area contributed by atoms with E-state index in [0.29, 0.717) is 29.5 Å². The Bertz CT molecular complexity index is 526. The molecule has 2 atom stereocenters. The fourth-order valence-corrected chi connectivity index (χ4v) is 3.12. The molecule has 0 aliphatic carbocycles. The molecule has 5 nitrogen and oxygen atoms in total. The van der Waals surface area contributed by atoms with Crippen molar-refractivity contribution < 1.29 is 9.53 Å². The van der Waals surface area contributed by atoms with Crippen LogP contribution in [0.1, 0.15) is 36.5 Å². The molecule has 2 aliphatic heterocycles. The van der Waals surface area contributed by atoms with Gasteiger partial charge in [0.25, 0.3) is 5.91 Å². The summed E-state index contributed by atoms with van der Waals surface area (Å²) in [5.74, 6) is 0.628. The minimum Gasteiger partial charge on any atom is -0.371 e. The lowest BCUT2D eigenvalue weighted by atomic mass is 10.2. The molecule has 0 saturated carbocycles. The standard InChI is InChI=1S/C15H20ClN3O2/c1-2-5-17-14-13(16)6-10(7-18-14)15(20)19-8-11-3-4-12(9-19)21-11/h6-7,11-12H,2-5,8-9H2,1H3,(H,17,18). The van der Waals surface area contributed by atoms with Gasteiger partial charge in [0.1, 0.15) is 5.82 Å². The van der Waals surface area contributed by atoms with Gasteiger partial charge in [0.05, 0.1) is 22.8 Å². The third kappa shape index (κ3) is 3.14. The van der Waals surface area contributed by atoms with E-state index in [-0.39, 0.29) is 18.1 Å². The maximum absolute atomic E-state index is 12.5. The van der Waals surface area contributed by atoms with Crippen molar-refractivity contribution in [2.24, 2.45) is 0 Å². The van der Waals surface area contributed by atoms with Crippen molar-refractivity contribution in [3.8, 4) is 0 Å². The molecule has 21 heavy (non-hydrogen) atoms. The third-order valence-corrected chi connectivity index (χ3v) is 4.25. The zero-order valence-electron chi connectivity index (χ0n) is 12.1. The van der Waals surface area contributed by atoms with Gasteiger partial charge in [-0.05, 0) is 25.3 Å². The first kappa shape index (κ1) is 14.6. The Labute approximate surface area is 129 Å². The molecular formula is C15H20ClN3O2. The van der Waals surface area contributed by atoms with Crippen molar-refractivity contribution in [2.75, 3.05) is 25.0 Å². The van der Waals surface area contributed by atoms with E-state index in [1.54, 1.807) is 12.3 Å². The van der Waals surface area contributed by atoms with Crippen LogP contribution in [0.25, 0.3) is 0 Å². The number of carbonyl (C=O) groups is 1. The second-order valence-corrected chi connectivity index (χ2v) is 6.06. The van der Waals surface area contributed by atoms with E-state index in [1.165, 1.54) is 0 Å². The van der Waals surface area contributed by atoms with Crippen LogP contribution in [-0.2, 0) is 4.74 Å². The molecule has 0 aromatic carbocycles. The highest BCUT2D eigenvalue weighted by molar-refractivity contribution is 6.33. The molecule has 3 rings (SSSR count). The Kier molecular flexibility index (Phi) is 4.31. The number of nitrogens with one attached hydrogen (secondary N) is 1. The zero-order valence-corrected chi connectivity index (χ0v) is 12.9. The van der Waals surface area contributed by atoms with E-state index < -0.39 is 0 Å². The maximum atomic E-state index is 12.5. The summed E-state index contributed by atoms with van der Waals surface area (Å²) in [6, 6.07) is 1.70. The molecule has 1 aromatic rings. The highest BCUT2D eigenvalue weighted by Crippen LogP contribution is 2.28. The Balaban J connectivity index is 1.71. The number of halogens is 1. The van der Waals surface area contributed by atoms with Gasteiger partial charge in [-0.25, -0.2) is 4.98 Å². The Morgan fingerprint density at radius 3 is 2.81 bits per heavy atom. The molecule has 2 saturated heterocycles.